The lowest BCUT2D eigenvalue weighted by Crippen LogP contribution is -2.64. The summed E-state index contributed by atoms with van der Waals surface area (Å²) in [6.07, 6.45) is -11.3. The van der Waals surface area contributed by atoms with Crippen molar-refractivity contribution in [3.05, 3.63) is 0 Å². The maximum absolute atomic E-state index is 10.5. The first kappa shape index (κ1) is 14.0. The summed E-state index contributed by atoms with van der Waals surface area (Å²) in [5.74, 6) is 0. The van der Waals surface area contributed by atoms with Crippen molar-refractivity contribution in [2.75, 3.05) is 0 Å². The van der Waals surface area contributed by atoms with Gasteiger partial charge in [-0.3, -0.25) is 4.52 Å². The zero-order valence-corrected chi connectivity index (χ0v) is 8.75. The third kappa shape index (κ3) is 2.77. The molecule has 6 atom stereocenters. The van der Waals surface area contributed by atoms with Gasteiger partial charge < -0.3 is 35.3 Å². The van der Waals surface area contributed by atoms with E-state index in [1.54, 1.807) is 0 Å². The number of aliphatic hydroxyl groups is 5. The zero-order valence-electron chi connectivity index (χ0n) is 7.86. The standard InChI is InChI=1S/C6H13O9P/c7-1-2(8)4(10)6(5(11)3(1)9)15-16(12,13)14/h1-11H,(H2,12,13,14)/t1?,2-,3?,4?,5+,6-/m1/s1. The third-order valence-electron chi connectivity index (χ3n) is 2.33. The van der Waals surface area contributed by atoms with Crippen molar-refractivity contribution in [2.24, 2.45) is 0 Å². The predicted molar refractivity (Wildman–Crippen MR) is 47.0 cm³/mol. The first-order valence-corrected chi connectivity index (χ1v) is 5.82. The summed E-state index contributed by atoms with van der Waals surface area (Å²) in [5, 5.41) is 46.1. The summed E-state index contributed by atoms with van der Waals surface area (Å²) in [6.45, 7) is 0. The summed E-state index contributed by atoms with van der Waals surface area (Å²) in [6, 6.07) is 0. The normalized spacial score (nSPS) is 45.7. The van der Waals surface area contributed by atoms with Crippen molar-refractivity contribution < 1.29 is 44.4 Å². The van der Waals surface area contributed by atoms with E-state index in [1.165, 1.54) is 0 Å². The van der Waals surface area contributed by atoms with Crippen LogP contribution in [-0.2, 0) is 9.09 Å². The van der Waals surface area contributed by atoms with Crippen molar-refractivity contribution in [1.82, 2.24) is 0 Å². The smallest absolute Gasteiger partial charge is 0.387 e. The molecule has 3 unspecified atom stereocenters. The van der Waals surface area contributed by atoms with E-state index >= 15 is 0 Å². The number of hydrogen-bond acceptors (Lipinski definition) is 7. The fourth-order valence-electron chi connectivity index (χ4n) is 1.48. The van der Waals surface area contributed by atoms with Crippen LogP contribution in [0.25, 0.3) is 0 Å². The van der Waals surface area contributed by atoms with Gasteiger partial charge in [0.1, 0.15) is 36.6 Å². The molecule has 16 heavy (non-hydrogen) atoms. The molecule has 1 rings (SSSR count). The van der Waals surface area contributed by atoms with Gasteiger partial charge in [-0.2, -0.15) is 0 Å². The Kier molecular flexibility index (Phi) is 4.06. The minimum absolute atomic E-state index is 1.83. The van der Waals surface area contributed by atoms with Crippen LogP contribution in [0.15, 0.2) is 0 Å². The van der Waals surface area contributed by atoms with E-state index in [0.29, 0.717) is 0 Å². The number of aliphatic hydroxyl groups excluding tert-OH is 5. The summed E-state index contributed by atoms with van der Waals surface area (Å²) in [5.41, 5.74) is 0. The maximum atomic E-state index is 10.5. The highest BCUT2D eigenvalue weighted by Crippen LogP contribution is 2.41. The Bertz CT molecular complexity index is 274. The average Bonchev–Trinajstić information content (AvgIpc) is 2.17. The Morgan fingerprint density at radius 2 is 1.06 bits per heavy atom. The van der Waals surface area contributed by atoms with Crippen LogP contribution in [0.1, 0.15) is 0 Å². The van der Waals surface area contributed by atoms with E-state index in [4.69, 9.17) is 14.9 Å². The van der Waals surface area contributed by atoms with E-state index in [9.17, 15) is 25.0 Å². The van der Waals surface area contributed by atoms with E-state index in [1.807, 2.05) is 0 Å². The molecule has 0 amide bonds. The first-order chi connectivity index (χ1) is 7.15. The van der Waals surface area contributed by atoms with E-state index < -0.39 is 44.4 Å². The molecule has 1 aliphatic carbocycles. The van der Waals surface area contributed by atoms with Crippen LogP contribution >= 0.6 is 7.82 Å². The lowest BCUT2D eigenvalue weighted by Gasteiger charge is -2.41. The maximum Gasteiger partial charge on any atom is 0.470 e. The van der Waals surface area contributed by atoms with Gasteiger partial charge in [0.15, 0.2) is 0 Å². The average molecular weight is 260 g/mol. The van der Waals surface area contributed by atoms with Crippen molar-refractivity contribution in [1.29, 1.82) is 0 Å². The van der Waals surface area contributed by atoms with E-state index in [2.05, 4.69) is 4.52 Å². The highest BCUT2D eigenvalue weighted by molar-refractivity contribution is 7.46. The Morgan fingerprint density at radius 1 is 0.750 bits per heavy atom. The Hall–Kier alpha value is -0.0900. The SMILES string of the molecule is O=P(O)(O)O[C@@H]1C(O)[C@H](O)C(O)C(O)[C@@H]1O. The largest absolute Gasteiger partial charge is 0.470 e. The molecular formula is C6H13O9P. The molecule has 0 aromatic rings. The van der Waals surface area contributed by atoms with Gasteiger partial charge in [0.05, 0.1) is 0 Å². The molecule has 0 aromatic heterocycles. The minimum atomic E-state index is -5.01. The molecule has 0 aliphatic heterocycles. The molecule has 1 fully saturated rings. The van der Waals surface area contributed by atoms with Crippen molar-refractivity contribution >= 4 is 7.82 Å². The van der Waals surface area contributed by atoms with Crippen molar-refractivity contribution in [3.63, 3.8) is 0 Å². The molecule has 0 bridgehead atoms. The third-order valence-corrected chi connectivity index (χ3v) is 2.85. The molecule has 0 saturated heterocycles. The minimum Gasteiger partial charge on any atom is -0.387 e. The van der Waals surface area contributed by atoms with Gasteiger partial charge in [-0.1, -0.05) is 0 Å². The number of hydrogen-bond donors (Lipinski definition) is 7. The van der Waals surface area contributed by atoms with Crippen LogP contribution in [0.5, 0.6) is 0 Å². The molecule has 10 heteroatoms. The molecule has 0 aromatic carbocycles. The first-order valence-electron chi connectivity index (χ1n) is 4.29. The van der Waals surface area contributed by atoms with Crippen molar-refractivity contribution in [2.45, 2.75) is 36.6 Å². The second-order valence-corrected chi connectivity index (χ2v) is 4.71. The van der Waals surface area contributed by atoms with Gasteiger partial charge >= 0.3 is 7.82 Å². The van der Waals surface area contributed by atoms with Gasteiger partial charge in [0.2, 0.25) is 0 Å². The topological polar surface area (TPSA) is 168 Å². The molecule has 1 saturated carbocycles. The van der Waals surface area contributed by atoms with Crippen LogP contribution in [0, 0.1) is 0 Å². The van der Waals surface area contributed by atoms with Crippen LogP contribution in [-0.4, -0.2) is 71.9 Å². The summed E-state index contributed by atoms with van der Waals surface area (Å²) in [4.78, 5) is 17.0. The Labute approximate surface area is 89.8 Å². The molecular weight excluding hydrogens is 247 g/mol. The molecule has 0 radical (unpaired) electrons. The molecule has 0 spiro atoms. The fourth-order valence-corrected chi connectivity index (χ4v) is 2.05. The Balaban J connectivity index is 2.87. The molecule has 1 aliphatic rings. The van der Waals surface area contributed by atoms with Crippen LogP contribution in [0.2, 0.25) is 0 Å². The molecule has 0 heterocycles. The number of phosphoric ester groups is 1. The second kappa shape index (κ2) is 4.65. The lowest BCUT2D eigenvalue weighted by molar-refractivity contribution is -0.219. The lowest BCUT2D eigenvalue weighted by atomic mass is 9.85. The van der Waals surface area contributed by atoms with Crippen LogP contribution in [0.3, 0.4) is 0 Å². The number of rotatable bonds is 2. The van der Waals surface area contributed by atoms with Crippen LogP contribution < -0.4 is 0 Å². The van der Waals surface area contributed by atoms with Gasteiger partial charge in [0, 0.05) is 0 Å². The summed E-state index contributed by atoms with van der Waals surface area (Å²) in [7, 11) is -5.01. The quantitative estimate of drug-likeness (QED) is 0.247. The van der Waals surface area contributed by atoms with Gasteiger partial charge in [-0.05, 0) is 0 Å². The van der Waals surface area contributed by atoms with Gasteiger partial charge in [-0.15, -0.1) is 0 Å². The fraction of sp³-hybridized carbons (Fsp3) is 1.00. The zero-order chi connectivity index (χ0) is 12.7. The summed E-state index contributed by atoms with van der Waals surface area (Å²) >= 11 is 0. The highest BCUT2D eigenvalue weighted by atomic mass is 31.2. The monoisotopic (exact) mass is 260 g/mol. The molecule has 96 valence electrons. The number of phosphoric acid groups is 1. The highest BCUT2D eigenvalue weighted by Gasteiger charge is 2.50. The van der Waals surface area contributed by atoms with E-state index in [-0.39, 0.29) is 0 Å². The van der Waals surface area contributed by atoms with Gasteiger partial charge in [0.25, 0.3) is 0 Å². The predicted octanol–water partition coefficient (Wildman–Crippen LogP) is -3.72. The van der Waals surface area contributed by atoms with Crippen LogP contribution in [0.4, 0.5) is 0 Å². The summed E-state index contributed by atoms with van der Waals surface area (Å²) < 4.78 is 14.5. The Morgan fingerprint density at radius 3 is 1.38 bits per heavy atom. The van der Waals surface area contributed by atoms with Crippen molar-refractivity contribution in [3.8, 4) is 0 Å². The second-order valence-electron chi connectivity index (χ2n) is 3.51. The molecule has 9 nitrogen and oxygen atoms in total. The molecule has 7 N–H and O–H groups in total. The van der Waals surface area contributed by atoms with Gasteiger partial charge in [-0.25, -0.2) is 4.57 Å². The van der Waals surface area contributed by atoms with E-state index in [0.717, 1.165) is 0 Å².